The Morgan fingerprint density at radius 3 is 2.69 bits per heavy atom. The lowest BCUT2D eigenvalue weighted by atomic mass is 10.0. The van der Waals surface area contributed by atoms with Crippen LogP contribution in [-0.2, 0) is 13.5 Å². The van der Waals surface area contributed by atoms with Gasteiger partial charge in [-0.2, -0.15) is 5.26 Å². The van der Waals surface area contributed by atoms with Gasteiger partial charge in [0.2, 0.25) is 5.88 Å². The fraction of sp³-hybridized carbons (Fsp3) is 0.520. The molecule has 1 aliphatic rings. The third-order valence-electron chi connectivity index (χ3n) is 6.58. The number of piperazine rings is 1. The molecular weight excluding hydrogens is 557 g/mol. The molecule has 0 saturated carbocycles. The van der Waals surface area contributed by atoms with Crippen LogP contribution in [-0.4, -0.2) is 53.3 Å². The van der Waals surface area contributed by atoms with Crippen LogP contribution < -0.4 is 15.2 Å². The highest BCUT2D eigenvalue weighted by Crippen LogP contribution is 2.34. The normalized spacial score (nSPS) is 19.8. The van der Waals surface area contributed by atoms with E-state index in [0.29, 0.717) is 17.2 Å². The summed E-state index contributed by atoms with van der Waals surface area (Å²) in [5.41, 5.74) is 3.26. The van der Waals surface area contributed by atoms with E-state index in [1.54, 1.807) is 23.8 Å². The highest BCUT2D eigenvalue weighted by molar-refractivity contribution is 14.1. The third kappa shape index (κ3) is 5.16. The Kier molecular flexibility index (Phi) is 7.66. The fourth-order valence-corrected chi connectivity index (χ4v) is 5.77. The predicted octanol–water partition coefficient (Wildman–Crippen LogP) is 3.70. The molecule has 3 atom stereocenters. The van der Waals surface area contributed by atoms with E-state index in [9.17, 15) is 4.79 Å². The molecule has 1 fully saturated rings. The van der Waals surface area contributed by atoms with Crippen LogP contribution in [0.1, 0.15) is 51.4 Å². The smallest absolute Gasteiger partial charge is 0.267 e. The van der Waals surface area contributed by atoms with Crippen LogP contribution in [0.15, 0.2) is 35.4 Å². The first-order chi connectivity index (χ1) is 16.7. The van der Waals surface area contributed by atoms with Crippen molar-refractivity contribution >= 4 is 33.9 Å². The molecule has 35 heavy (non-hydrogen) atoms. The zero-order valence-electron chi connectivity index (χ0n) is 20.8. The molecule has 0 radical (unpaired) electrons. The lowest BCUT2D eigenvalue weighted by Gasteiger charge is -2.47. The fourth-order valence-electron chi connectivity index (χ4n) is 4.64. The molecular formula is C25H32IN7O2. The van der Waals surface area contributed by atoms with Crippen molar-refractivity contribution in [1.82, 2.24) is 24.1 Å². The molecule has 1 unspecified atom stereocenters. The minimum Gasteiger partial charge on any atom is -0.475 e. The van der Waals surface area contributed by atoms with Gasteiger partial charge in [-0.1, -0.05) is 35.6 Å². The van der Waals surface area contributed by atoms with Crippen LogP contribution in [0.3, 0.4) is 0 Å². The van der Waals surface area contributed by atoms with Crippen LogP contribution in [0.2, 0.25) is 0 Å². The molecule has 0 aromatic carbocycles. The molecule has 1 saturated heterocycles. The molecule has 0 N–H and O–H groups in total. The van der Waals surface area contributed by atoms with E-state index < -0.39 is 0 Å². The molecule has 9 nitrogen and oxygen atoms in total. The van der Waals surface area contributed by atoms with Gasteiger partial charge in [-0.05, 0) is 32.8 Å². The molecule has 10 heteroatoms. The second-order valence-corrected chi connectivity index (χ2v) is 10.7. The van der Waals surface area contributed by atoms with Crippen molar-refractivity contribution in [2.45, 2.75) is 62.8 Å². The summed E-state index contributed by atoms with van der Waals surface area (Å²) in [6.45, 7) is 9.99. The van der Waals surface area contributed by atoms with Crippen molar-refractivity contribution in [2.75, 3.05) is 18.0 Å². The topological polar surface area (TPSA) is 91.7 Å². The number of nitrogens with zero attached hydrogens (tertiary/aromatic N) is 7. The monoisotopic (exact) mass is 589 g/mol. The van der Waals surface area contributed by atoms with Crippen molar-refractivity contribution in [3.8, 4) is 11.9 Å². The molecule has 3 aromatic rings. The van der Waals surface area contributed by atoms with Gasteiger partial charge in [-0.25, -0.2) is 19.2 Å². The summed E-state index contributed by atoms with van der Waals surface area (Å²) in [4.78, 5) is 26.8. The van der Waals surface area contributed by atoms with Gasteiger partial charge in [-0.15, -0.1) is 0 Å². The van der Waals surface area contributed by atoms with E-state index in [2.05, 4.69) is 63.4 Å². The maximum absolute atomic E-state index is 12.8. The summed E-state index contributed by atoms with van der Waals surface area (Å²) in [6.07, 6.45) is 4.92. The van der Waals surface area contributed by atoms with Crippen LogP contribution in [0, 0.1) is 11.3 Å². The van der Waals surface area contributed by atoms with E-state index in [4.69, 9.17) is 15.0 Å². The van der Waals surface area contributed by atoms with Gasteiger partial charge < -0.3 is 9.64 Å². The Balaban J connectivity index is 1.62. The van der Waals surface area contributed by atoms with E-state index >= 15 is 0 Å². The van der Waals surface area contributed by atoms with E-state index in [0.717, 1.165) is 30.8 Å². The van der Waals surface area contributed by atoms with Crippen LogP contribution in [0.25, 0.3) is 5.65 Å². The summed E-state index contributed by atoms with van der Waals surface area (Å²) >= 11 is 2.50. The Bertz CT molecular complexity index is 1280. The largest absolute Gasteiger partial charge is 0.475 e. The van der Waals surface area contributed by atoms with Gasteiger partial charge in [0, 0.05) is 50.6 Å². The maximum atomic E-state index is 12.8. The molecule has 4 heterocycles. The summed E-state index contributed by atoms with van der Waals surface area (Å²) in [5.74, 6) is 0.642. The molecule has 186 valence electrons. The number of hydrogen-bond donors (Lipinski definition) is 0. The van der Waals surface area contributed by atoms with Gasteiger partial charge in [0.05, 0.1) is 40.2 Å². The number of halogens is 1. The van der Waals surface area contributed by atoms with E-state index in [1.165, 1.54) is 4.68 Å². The summed E-state index contributed by atoms with van der Waals surface area (Å²) in [5, 5.41) is 9.13. The van der Waals surface area contributed by atoms with Crippen molar-refractivity contribution in [3.05, 3.63) is 52.2 Å². The van der Waals surface area contributed by atoms with E-state index in [-0.39, 0.29) is 34.2 Å². The highest BCUT2D eigenvalue weighted by atomic mass is 127. The molecule has 4 rings (SSSR count). The number of ether oxygens (including phenoxy) is 1. The SMILES string of the molecule is CC[C@H]1CN(C(C)c2ccc(OC(C)C)nc2)[C@H](I)CN1c1cc(=O)n(C)n2cc(CC#N)nc12. The first-order valence-corrected chi connectivity index (χ1v) is 13.2. The second-order valence-electron chi connectivity index (χ2n) is 9.24. The lowest BCUT2D eigenvalue weighted by Crippen LogP contribution is -2.57. The Morgan fingerprint density at radius 1 is 1.29 bits per heavy atom. The number of fused-ring (bicyclic) bond motifs is 1. The number of aromatic nitrogens is 4. The van der Waals surface area contributed by atoms with Gasteiger partial charge in [0.25, 0.3) is 5.56 Å². The van der Waals surface area contributed by atoms with Gasteiger partial charge >= 0.3 is 0 Å². The van der Waals surface area contributed by atoms with Crippen LogP contribution >= 0.6 is 22.6 Å². The number of alkyl halides is 1. The van der Waals surface area contributed by atoms with Crippen molar-refractivity contribution < 1.29 is 4.74 Å². The summed E-state index contributed by atoms with van der Waals surface area (Å²) in [6, 6.07) is 8.27. The van der Waals surface area contributed by atoms with Crippen LogP contribution in [0.5, 0.6) is 5.88 Å². The molecule has 0 bridgehead atoms. The predicted molar refractivity (Wildman–Crippen MR) is 144 cm³/mol. The highest BCUT2D eigenvalue weighted by Gasteiger charge is 2.36. The molecule has 3 aromatic heterocycles. The standard InChI is InChI=1S/C25H32IN7O2/c1-6-20-14-31(17(4)18-7-8-23(28-12-18)35-16(2)3)22(26)15-32(20)21-11-24(34)30(5)33-13-19(9-10-27)29-25(21)33/h7-8,11-13,16-17,20,22H,6,9,14-15H2,1-5H3/t17?,20-,22-/m0/s1. The average molecular weight is 589 g/mol. The van der Waals surface area contributed by atoms with Crippen molar-refractivity contribution in [2.24, 2.45) is 7.05 Å². The first-order valence-electron chi connectivity index (χ1n) is 12.0. The first kappa shape index (κ1) is 25.4. The van der Waals surface area contributed by atoms with Crippen molar-refractivity contribution in [3.63, 3.8) is 0 Å². The second kappa shape index (κ2) is 10.5. The Hall–Kier alpha value is -2.65. The molecule has 0 spiro atoms. The number of nitriles is 1. The van der Waals surface area contributed by atoms with Gasteiger partial charge in [-0.3, -0.25) is 9.69 Å². The number of imidazole rings is 1. The zero-order valence-corrected chi connectivity index (χ0v) is 23.0. The van der Waals surface area contributed by atoms with Crippen LogP contribution in [0.4, 0.5) is 5.69 Å². The minimum absolute atomic E-state index is 0.0928. The molecule has 1 aliphatic heterocycles. The average Bonchev–Trinajstić information content (AvgIpc) is 3.25. The minimum atomic E-state index is -0.0983. The van der Waals surface area contributed by atoms with Gasteiger partial charge in [0.15, 0.2) is 5.65 Å². The van der Waals surface area contributed by atoms with E-state index in [1.807, 2.05) is 26.1 Å². The number of pyridine rings is 1. The Morgan fingerprint density at radius 2 is 2.06 bits per heavy atom. The lowest BCUT2D eigenvalue weighted by molar-refractivity contribution is 0.158. The molecule has 0 amide bonds. The maximum Gasteiger partial charge on any atom is 0.267 e. The number of hydrogen-bond acceptors (Lipinski definition) is 7. The number of rotatable bonds is 7. The summed E-state index contributed by atoms with van der Waals surface area (Å²) in [7, 11) is 1.72. The Labute approximate surface area is 219 Å². The third-order valence-corrected chi connectivity index (χ3v) is 7.68. The van der Waals surface area contributed by atoms with Gasteiger partial charge in [0.1, 0.15) is 0 Å². The number of aryl methyl sites for hydroxylation is 1. The quantitative estimate of drug-likeness (QED) is 0.236. The van der Waals surface area contributed by atoms with Crippen molar-refractivity contribution in [1.29, 1.82) is 5.26 Å². The molecule has 0 aliphatic carbocycles. The summed E-state index contributed by atoms with van der Waals surface area (Å²) < 4.78 is 9.21. The number of anilines is 1. The zero-order chi connectivity index (χ0) is 25.3.